The SMILES string of the molecule is [B]c1c(Oc2ccnc(C(=O)NC)c2)ccc2nc(N[C@@H]3CCCC[C@H]3O)sc12. The fourth-order valence-electron chi connectivity index (χ4n) is 3.44. The third-order valence-electron chi connectivity index (χ3n) is 5.01. The first kappa shape index (κ1) is 19.7. The van der Waals surface area contributed by atoms with Crippen LogP contribution in [0.5, 0.6) is 11.5 Å². The number of ether oxygens (including phenoxy) is 1. The fourth-order valence-corrected chi connectivity index (χ4v) is 4.41. The number of carbonyl (C=O) groups is 1. The number of carbonyl (C=O) groups excluding carboxylic acids is 1. The van der Waals surface area contributed by atoms with Crippen molar-refractivity contribution in [2.45, 2.75) is 37.8 Å². The van der Waals surface area contributed by atoms with Gasteiger partial charge in [-0.05, 0) is 36.5 Å². The van der Waals surface area contributed by atoms with E-state index in [1.807, 2.05) is 6.07 Å². The molecular formula is C20H21BN4O3S. The van der Waals surface area contributed by atoms with Crippen LogP contribution in [0.4, 0.5) is 5.13 Å². The quantitative estimate of drug-likeness (QED) is 0.561. The lowest BCUT2D eigenvalue weighted by molar-refractivity contribution is 0.0957. The molecule has 3 N–H and O–H groups in total. The number of hydrogen-bond acceptors (Lipinski definition) is 7. The van der Waals surface area contributed by atoms with Gasteiger partial charge in [0.15, 0.2) is 5.13 Å². The molecule has 7 nitrogen and oxygen atoms in total. The molecule has 29 heavy (non-hydrogen) atoms. The van der Waals surface area contributed by atoms with Crippen molar-refractivity contribution in [2.75, 3.05) is 12.4 Å². The van der Waals surface area contributed by atoms with Crippen LogP contribution in [-0.2, 0) is 0 Å². The summed E-state index contributed by atoms with van der Waals surface area (Å²) in [4.78, 5) is 20.4. The number of anilines is 1. The first-order valence-electron chi connectivity index (χ1n) is 9.55. The maximum Gasteiger partial charge on any atom is 0.269 e. The van der Waals surface area contributed by atoms with E-state index in [0.29, 0.717) is 17.0 Å². The average molecular weight is 408 g/mol. The number of aliphatic hydroxyl groups excluding tert-OH is 1. The number of fused-ring (bicyclic) bond motifs is 1. The van der Waals surface area contributed by atoms with Crippen LogP contribution in [0.3, 0.4) is 0 Å². The molecule has 0 unspecified atom stereocenters. The molecule has 0 bridgehead atoms. The molecule has 2 heterocycles. The van der Waals surface area contributed by atoms with E-state index in [0.717, 1.165) is 41.0 Å². The molecule has 148 valence electrons. The predicted octanol–water partition coefficient (Wildman–Crippen LogP) is 2.35. The van der Waals surface area contributed by atoms with Crippen LogP contribution in [0, 0.1) is 0 Å². The molecule has 3 aromatic rings. The Morgan fingerprint density at radius 3 is 2.93 bits per heavy atom. The third kappa shape index (κ3) is 4.20. The summed E-state index contributed by atoms with van der Waals surface area (Å²) in [5.74, 6) is 0.666. The summed E-state index contributed by atoms with van der Waals surface area (Å²) < 4.78 is 6.72. The van der Waals surface area contributed by atoms with Crippen molar-refractivity contribution in [1.82, 2.24) is 15.3 Å². The molecule has 0 spiro atoms. The van der Waals surface area contributed by atoms with Crippen molar-refractivity contribution in [3.05, 3.63) is 36.2 Å². The van der Waals surface area contributed by atoms with Gasteiger partial charge in [0.05, 0.1) is 22.4 Å². The minimum Gasteiger partial charge on any atom is -0.458 e. The largest absolute Gasteiger partial charge is 0.458 e. The van der Waals surface area contributed by atoms with Gasteiger partial charge in [0, 0.05) is 19.3 Å². The van der Waals surface area contributed by atoms with Crippen molar-refractivity contribution in [2.24, 2.45) is 0 Å². The maximum absolute atomic E-state index is 11.8. The Morgan fingerprint density at radius 1 is 1.31 bits per heavy atom. The molecule has 2 aromatic heterocycles. The van der Waals surface area contributed by atoms with E-state index < -0.39 is 0 Å². The number of aromatic nitrogens is 2. The van der Waals surface area contributed by atoms with Crippen LogP contribution in [0.2, 0.25) is 0 Å². The smallest absolute Gasteiger partial charge is 0.269 e. The van der Waals surface area contributed by atoms with E-state index in [9.17, 15) is 9.90 Å². The minimum atomic E-state index is -0.354. The number of aliphatic hydroxyl groups is 1. The minimum absolute atomic E-state index is 0.0150. The highest BCUT2D eigenvalue weighted by atomic mass is 32.1. The topological polar surface area (TPSA) is 96.4 Å². The van der Waals surface area contributed by atoms with Crippen molar-refractivity contribution >= 4 is 45.9 Å². The summed E-state index contributed by atoms with van der Waals surface area (Å²) in [5.41, 5.74) is 1.52. The molecule has 0 saturated heterocycles. The van der Waals surface area contributed by atoms with Crippen molar-refractivity contribution < 1.29 is 14.6 Å². The number of nitrogens with zero attached hydrogens (tertiary/aromatic N) is 2. The molecule has 2 radical (unpaired) electrons. The second kappa shape index (κ2) is 8.38. The molecule has 9 heteroatoms. The Kier molecular flexibility index (Phi) is 5.68. The van der Waals surface area contributed by atoms with Crippen molar-refractivity contribution in [1.29, 1.82) is 0 Å². The number of thiazole rings is 1. The summed E-state index contributed by atoms with van der Waals surface area (Å²) in [6, 6.07) is 6.85. The van der Waals surface area contributed by atoms with E-state index in [1.54, 1.807) is 25.2 Å². The van der Waals surface area contributed by atoms with Gasteiger partial charge in [-0.2, -0.15) is 0 Å². The summed E-state index contributed by atoms with van der Waals surface area (Å²) in [7, 11) is 7.88. The van der Waals surface area contributed by atoms with Gasteiger partial charge in [-0.25, -0.2) is 4.98 Å². The lowest BCUT2D eigenvalue weighted by Gasteiger charge is -2.27. The maximum atomic E-state index is 11.8. The van der Waals surface area contributed by atoms with Gasteiger partial charge in [-0.3, -0.25) is 9.78 Å². The number of benzene rings is 1. The van der Waals surface area contributed by atoms with Gasteiger partial charge >= 0.3 is 0 Å². The van der Waals surface area contributed by atoms with Gasteiger partial charge in [0.1, 0.15) is 25.0 Å². The van der Waals surface area contributed by atoms with E-state index in [4.69, 9.17) is 12.6 Å². The van der Waals surface area contributed by atoms with E-state index in [-0.39, 0.29) is 23.7 Å². The summed E-state index contributed by atoms with van der Waals surface area (Å²) in [6.07, 6.45) is 5.06. The first-order valence-corrected chi connectivity index (χ1v) is 10.4. The Hall–Kier alpha value is -2.65. The highest BCUT2D eigenvalue weighted by molar-refractivity contribution is 7.23. The van der Waals surface area contributed by atoms with Crippen molar-refractivity contribution in [3.8, 4) is 11.5 Å². The molecule has 1 aliphatic carbocycles. The van der Waals surface area contributed by atoms with Gasteiger partial charge in [0.2, 0.25) is 0 Å². The Balaban J connectivity index is 1.57. The summed E-state index contributed by atoms with van der Waals surface area (Å²) >= 11 is 1.44. The molecule has 1 fully saturated rings. The summed E-state index contributed by atoms with van der Waals surface area (Å²) in [6.45, 7) is 0. The second-order valence-electron chi connectivity index (χ2n) is 7.01. The zero-order valence-corrected chi connectivity index (χ0v) is 16.8. The Morgan fingerprint density at radius 2 is 2.14 bits per heavy atom. The molecule has 1 amide bonds. The number of amides is 1. The average Bonchev–Trinajstić information content (AvgIpc) is 3.15. The van der Waals surface area contributed by atoms with E-state index in [1.165, 1.54) is 17.5 Å². The Bertz CT molecular complexity index is 1040. The number of hydrogen-bond donors (Lipinski definition) is 3. The van der Waals surface area contributed by atoms with Gasteiger partial charge in [-0.15, -0.1) is 0 Å². The molecule has 1 aromatic carbocycles. The zero-order valence-electron chi connectivity index (χ0n) is 16.0. The van der Waals surface area contributed by atoms with Gasteiger partial charge in [0.25, 0.3) is 5.91 Å². The number of nitrogens with one attached hydrogen (secondary N) is 2. The second-order valence-corrected chi connectivity index (χ2v) is 8.00. The molecule has 1 saturated carbocycles. The number of rotatable bonds is 5. The third-order valence-corrected chi connectivity index (χ3v) is 6.05. The van der Waals surface area contributed by atoms with E-state index >= 15 is 0 Å². The molecule has 1 aliphatic rings. The molecule has 0 aliphatic heterocycles. The molecule has 2 atom stereocenters. The Labute approximate surface area is 173 Å². The van der Waals surface area contributed by atoms with Gasteiger partial charge < -0.3 is 20.5 Å². The van der Waals surface area contributed by atoms with Gasteiger partial charge in [-0.1, -0.05) is 24.2 Å². The molecular weight excluding hydrogens is 387 g/mol. The first-order chi connectivity index (χ1) is 14.0. The summed E-state index contributed by atoms with van der Waals surface area (Å²) in [5, 5.41) is 16.8. The van der Waals surface area contributed by atoms with Crippen LogP contribution in [0.1, 0.15) is 36.2 Å². The van der Waals surface area contributed by atoms with Crippen molar-refractivity contribution in [3.63, 3.8) is 0 Å². The monoisotopic (exact) mass is 408 g/mol. The predicted molar refractivity (Wildman–Crippen MR) is 115 cm³/mol. The fraction of sp³-hybridized carbons (Fsp3) is 0.350. The highest BCUT2D eigenvalue weighted by Crippen LogP contribution is 2.31. The normalized spacial score (nSPS) is 19.1. The lowest BCUT2D eigenvalue weighted by Crippen LogP contribution is -2.36. The molecule has 4 rings (SSSR count). The zero-order chi connectivity index (χ0) is 20.4. The number of pyridine rings is 1. The van der Waals surface area contributed by atoms with E-state index in [2.05, 4.69) is 20.6 Å². The van der Waals surface area contributed by atoms with Crippen LogP contribution < -0.4 is 20.8 Å². The standard InChI is InChI=1S/C20H21BN4O3S/c1-22-19(27)14-10-11(8-9-23-14)28-16-7-6-13-18(17(16)21)29-20(25-13)24-12-4-2-3-5-15(12)26/h6-10,12,15,26H,2-5H2,1H3,(H,22,27)(H,24,25)/t12-,15-/m1/s1. The lowest BCUT2D eigenvalue weighted by atomic mass is 9.93. The van der Waals surface area contributed by atoms with Crippen LogP contribution in [-0.4, -0.2) is 48.0 Å². The van der Waals surface area contributed by atoms with Crippen LogP contribution in [0.15, 0.2) is 30.5 Å². The van der Waals surface area contributed by atoms with Crippen LogP contribution >= 0.6 is 11.3 Å². The highest BCUT2D eigenvalue weighted by Gasteiger charge is 2.24. The van der Waals surface area contributed by atoms with Crippen LogP contribution in [0.25, 0.3) is 10.2 Å².